The van der Waals surface area contributed by atoms with Crippen molar-refractivity contribution in [1.82, 2.24) is 0 Å². The summed E-state index contributed by atoms with van der Waals surface area (Å²) in [5.41, 5.74) is 0. The molecule has 0 aliphatic heterocycles. The highest BCUT2D eigenvalue weighted by Gasteiger charge is 2.15. The van der Waals surface area contributed by atoms with Crippen molar-refractivity contribution in [2.24, 2.45) is 11.8 Å². The lowest BCUT2D eigenvalue weighted by Crippen LogP contribution is -2.17. The summed E-state index contributed by atoms with van der Waals surface area (Å²) >= 11 is 0. The number of carboxylic acids is 1. The molecule has 0 heterocycles. The molecule has 0 aromatic carbocycles. The van der Waals surface area contributed by atoms with Crippen molar-refractivity contribution >= 4 is 11.8 Å². The third-order valence-electron chi connectivity index (χ3n) is 2.20. The average molecular weight is 202 g/mol. The largest absolute Gasteiger partial charge is 0.481 e. The topological polar surface area (TPSA) is 54.4 Å². The summed E-state index contributed by atoms with van der Waals surface area (Å²) in [4.78, 5) is 20.3. The van der Waals surface area contributed by atoms with E-state index in [1.165, 1.54) is 0 Å². The van der Waals surface area contributed by atoms with Crippen molar-refractivity contribution in [3.05, 3.63) is 0 Å². The van der Waals surface area contributed by atoms with Crippen LogP contribution in [-0.2, 0) is 9.59 Å². The quantitative estimate of drug-likeness (QED) is 0.762. The van der Waals surface area contributed by atoms with Gasteiger partial charge in [0.25, 0.3) is 5.97 Å². The zero-order chi connectivity index (χ0) is 11.7. The van der Waals surface area contributed by atoms with E-state index in [1.807, 2.05) is 13.8 Å². The van der Waals surface area contributed by atoms with Gasteiger partial charge in [0.2, 0.25) is 0 Å². The van der Waals surface area contributed by atoms with Gasteiger partial charge in [-0.2, -0.15) is 0 Å². The third-order valence-corrected chi connectivity index (χ3v) is 2.20. The van der Waals surface area contributed by atoms with Gasteiger partial charge in [0, 0.05) is 18.8 Å². The Morgan fingerprint density at radius 2 is 1.29 bits per heavy atom. The molecule has 3 heteroatoms. The van der Waals surface area contributed by atoms with Gasteiger partial charge in [0.05, 0.1) is 0 Å². The fourth-order valence-electron chi connectivity index (χ4n) is 0.888. The van der Waals surface area contributed by atoms with Crippen LogP contribution in [0.3, 0.4) is 0 Å². The molecule has 0 spiro atoms. The fourth-order valence-corrected chi connectivity index (χ4v) is 0.888. The summed E-state index contributed by atoms with van der Waals surface area (Å²) in [6.45, 7) is 9.22. The first-order chi connectivity index (χ1) is 6.36. The molecule has 0 fully saturated rings. The zero-order valence-electron chi connectivity index (χ0n) is 9.83. The Balaban J connectivity index is 0. The summed E-state index contributed by atoms with van der Waals surface area (Å²) in [7, 11) is 0. The van der Waals surface area contributed by atoms with E-state index in [0.29, 0.717) is 5.78 Å². The van der Waals surface area contributed by atoms with E-state index in [2.05, 4.69) is 13.8 Å². The highest BCUT2D eigenvalue weighted by molar-refractivity contribution is 5.82. The zero-order valence-corrected chi connectivity index (χ0v) is 9.83. The Kier molecular flexibility index (Phi) is 9.73. The molecular weight excluding hydrogens is 180 g/mol. The smallest absolute Gasteiger partial charge is 0.300 e. The number of aliphatic carboxylic acids is 1. The molecule has 2 atom stereocenters. The maximum Gasteiger partial charge on any atom is 0.300 e. The Morgan fingerprint density at radius 3 is 1.43 bits per heavy atom. The average Bonchev–Trinajstić information content (AvgIpc) is 2.13. The van der Waals surface area contributed by atoms with Gasteiger partial charge in [0.1, 0.15) is 5.78 Å². The molecule has 1 N–H and O–H groups in total. The Bertz CT molecular complexity index is 159. The van der Waals surface area contributed by atoms with E-state index in [0.717, 1.165) is 19.8 Å². The lowest BCUT2D eigenvalue weighted by Gasteiger charge is -2.11. The van der Waals surface area contributed by atoms with Crippen molar-refractivity contribution in [2.45, 2.75) is 47.5 Å². The fraction of sp³-hybridized carbons (Fsp3) is 0.818. The van der Waals surface area contributed by atoms with Crippen LogP contribution in [0.25, 0.3) is 0 Å². The Morgan fingerprint density at radius 1 is 1.07 bits per heavy atom. The molecule has 14 heavy (non-hydrogen) atoms. The molecule has 0 aromatic heterocycles. The predicted octanol–water partition coefficient (Wildman–Crippen LogP) is 2.74. The standard InChI is InChI=1S/C9H18O.C2H4O2/c1-5-7(3)9(10)8(4)6-2;1-2(3)4/h7-8H,5-6H2,1-4H3;1H3,(H,3,4). The lowest BCUT2D eigenvalue weighted by atomic mass is 9.92. The van der Waals surface area contributed by atoms with Crippen LogP contribution in [0.2, 0.25) is 0 Å². The van der Waals surface area contributed by atoms with Crippen LogP contribution < -0.4 is 0 Å². The first-order valence-corrected chi connectivity index (χ1v) is 5.09. The van der Waals surface area contributed by atoms with Gasteiger partial charge in [-0.25, -0.2) is 0 Å². The van der Waals surface area contributed by atoms with Crippen LogP contribution in [0.1, 0.15) is 47.5 Å². The van der Waals surface area contributed by atoms with E-state index in [4.69, 9.17) is 9.90 Å². The molecule has 3 nitrogen and oxygen atoms in total. The van der Waals surface area contributed by atoms with Crippen LogP contribution in [-0.4, -0.2) is 16.9 Å². The number of hydrogen-bond acceptors (Lipinski definition) is 2. The molecule has 84 valence electrons. The van der Waals surface area contributed by atoms with Crippen LogP contribution in [0.15, 0.2) is 0 Å². The molecule has 0 aliphatic rings. The van der Waals surface area contributed by atoms with Crippen LogP contribution >= 0.6 is 0 Å². The minimum Gasteiger partial charge on any atom is -0.481 e. The molecule has 0 rings (SSSR count). The Labute approximate surface area is 86.5 Å². The highest BCUT2D eigenvalue weighted by atomic mass is 16.4. The second-order valence-electron chi connectivity index (χ2n) is 3.54. The van der Waals surface area contributed by atoms with Crippen LogP contribution in [0.4, 0.5) is 0 Å². The third kappa shape index (κ3) is 9.23. The second kappa shape index (κ2) is 8.73. The lowest BCUT2D eigenvalue weighted by molar-refractivity contribution is -0.134. The normalized spacial score (nSPS) is 13.5. The molecule has 0 aliphatic carbocycles. The van der Waals surface area contributed by atoms with Gasteiger partial charge in [-0.05, 0) is 12.8 Å². The summed E-state index contributed by atoms with van der Waals surface area (Å²) in [5.74, 6) is 0.106. The summed E-state index contributed by atoms with van der Waals surface area (Å²) in [5, 5.41) is 7.42. The van der Waals surface area contributed by atoms with Crippen molar-refractivity contribution < 1.29 is 14.7 Å². The summed E-state index contributed by atoms with van der Waals surface area (Å²) in [6, 6.07) is 0. The molecule has 0 amide bonds. The van der Waals surface area contributed by atoms with Gasteiger partial charge >= 0.3 is 0 Å². The molecule has 0 aromatic rings. The number of Topliss-reactive ketones (excluding diaryl/α,β-unsaturated/α-hetero) is 1. The van der Waals surface area contributed by atoms with Crippen molar-refractivity contribution in [2.75, 3.05) is 0 Å². The van der Waals surface area contributed by atoms with Crippen molar-refractivity contribution in [3.63, 3.8) is 0 Å². The van der Waals surface area contributed by atoms with E-state index >= 15 is 0 Å². The van der Waals surface area contributed by atoms with Crippen LogP contribution in [0.5, 0.6) is 0 Å². The number of carbonyl (C=O) groups excluding carboxylic acids is 1. The first kappa shape index (κ1) is 15.6. The Hall–Kier alpha value is -0.860. The van der Waals surface area contributed by atoms with E-state index in [1.54, 1.807) is 0 Å². The molecule has 0 saturated carbocycles. The maximum atomic E-state index is 11.3. The van der Waals surface area contributed by atoms with Gasteiger partial charge in [-0.3, -0.25) is 9.59 Å². The molecule has 0 radical (unpaired) electrons. The molecule has 2 unspecified atom stereocenters. The monoisotopic (exact) mass is 202 g/mol. The van der Waals surface area contributed by atoms with E-state index in [9.17, 15) is 4.79 Å². The number of carbonyl (C=O) groups is 2. The van der Waals surface area contributed by atoms with Gasteiger partial charge in [-0.1, -0.05) is 27.7 Å². The minimum absolute atomic E-state index is 0.259. The number of carboxylic acid groups (broad SMARTS) is 1. The minimum atomic E-state index is -0.833. The summed E-state index contributed by atoms with van der Waals surface area (Å²) in [6.07, 6.45) is 1.95. The molecular formula is C11H22O3. The number of ketones is 1. The summed E-state index contributed by atoms with van der Waals surface area (Å²) < 4.78 is 0. The molecule has 0 saturated heterocycles. The van der Waals surface area contributed by atoms with Gasteiger partial charge < -0.3 is 5.11 Å². The number of rotatable bonds is 4. The van der Waals surface area contributed by atoms with Crippen molar-refractivity contribution in [3.8, 4) is 0 Å². The SMILES string of the molecule is CC(=O)O.CCC(C)C(=O)C(C)CC. The first-order valence-electron chi connectivity index (χ1n) is 5.09. The van der Waals surface area contributed by atoms with Gasteiger partial charge in [0.15, 0.2) is 0 Å². The van der Waals surface area contributed by atoms with E-state index in [-0.39, 0.29) is 11.8 Å². The molecule has 0 bridgehead atoms. The second-order valence-corrected chi connectivity index (χ2v) is 3.54. The van der Waals surface area contributed by atoms with Crippen molar-refractivity contribution in [1.29, 1.82) is 0 Å². The maximum absolute atomic E-state index is 11.3. The van der Waals surface area contributed by atoms with E-state index < -0.39 is 5.97 Å². The predicted molar refractivity (Wildman–Crippen MR) is 57.2 cm³/mol. The van der Waals surface area contributed by atoms with Crippen LogP contribution in [0, 0.1) is 11.8 Å². The van der Waals surface area contributed by atoms with Gasteiger partial charge in [-0.15, -0.1) is 0 Å². The highest BCUT2D eigenvalue weighted by Crippen LogP contribution is 2.12. The number of hydrogen-bond donors (Lipinski definition) is 1.